The third kappa shape index (κ3) is 3.09. The molecule has 0 radical (unpaired) electrons. The standard InChI is InChI=1S/C17H17N3O2/c1-10-5-11(2)7-14(6-10)19-17(22)18-13-3-4-15-12(8-13)9-16(21)20-15/h3-8H,9H2,1-2H3,(H,20,21)(H2,18,19,22). The Labute approximate surface area is 128 Å². The topological polar surface area (TPSA) is 70.2 Å². The Kier molecular flexibility index (Phi) is 3.55. The molecule has 112 valence electrons. The maximum Gasteiger partial charge on any atom is 0.323 e. The van der Waals surface area contributed by atoms with Crippen LogP contribution >= 0.6 is 0 Å². The van der Waals surface area contributed by atoms with Gasteiger partial charge >= 0.3 is 6.03 Å². The molecule has 3 rings (SSSR count). The van der Waals surface area contributed by atoms with E-state index in [4.69, 9.17) is 0 Å². The van der Waals surface area contributed by atoms with Crippen LogP contribution in [0.5, 0.6) is 0 Å². The molecule has 3 amide bonds. The highest BCUT2D eigenvalue weighted by Crippen LogP contribution is 2.26. The van der Waals surface area contributed by atoms with E-state index in [1.807, 2.05) is 38.1 Å². The molecule has 5 heteroatoms. The molecule has 1 aliphatic heterocycles. The number of hydrogen-bond acceptors (Lipinski definition) is 2. The Hall–Kier alpha value is -2.82. The summed E-state index contributed by atoms with van der Waals surface area (Å²) in [6.45, 7) is 3.97. The van der Waals surface area contributed by atoms with Gasteiger partial charge in [0, 0.05) is 17.1 Å². The summed E-state index contributed by atoms with van der Waals surface area (Å²) in [5.74, 6) is -0.0214. The normalized spacial score (nSPS) is 12.5. The smallest absolute Gasteiger partial charge is 0.323 e. The van der Waals surface area contributed by atoms with Gasteiger partial charge in [-0.3, -0.25) is 4.79 Å². The molecule has 1 heterocycles. The van der Waals surface area contributed by atoms with Crippen molar-refractivity contribution < 1.29 is 9.59 Å². The molecule has 22 heavy (non-hydrogen) atoms. The number of carbonyl (C=O) groups excluding carboxylic acids is 2. The summed E-state index contributed by atoms with van der Waals surface area (Å²) < 4.78 is 0. The molecule has 3 N–H and O–H groups in total. The third-order valence-corrected chi connectivity index (χ3v) is 3.47. The number of benzene rings is 2. The molecule has 0 saturated carbocycles. The molecular weight excluding hydrogens is 278 g/mol. The Morgan fingerprint density at radius 1 is 1.00 bits per heavy atom. The van der Waals surface area contributed by atoms with Gasteiger partial charge in [0.25, 0.3) is 0 Å². The van der Waals surface area contributed by atoms with Gasteiger partial charge in [-0.05, 0) is 60.9 Å². The van der Waals surface area contributed by atoms with Crippen LogP contribution in [0.15, 0.2) is 36.4 Å². The second-order valence-electron chi connectivity index (χ2n) is 5.55. The summed E-state index contributed by atoms with van der Waals surface area (Å²) in [5, 5.41) is 8.36. The largest absolute Gasteiger partial charge is 0.326 e. The van der Waals surface area contributed by atoms with Gasteiger partial charge in [-0.15, -0.1) is 0 Å². The number of amides is 3. The Bertz CT molecular complexity index is 748. The van der Waals surface area contributed by atoms with Gasteiger partial charge in [0.15, 0.2) is 0 Å². The van der Waals surface area contributed by atoms with Crippen LogP contribution in [0.4, 0.5) is 21.9 Å². The predicted molar refractivity (Wildman–Crippen MR) is 87.3 cm³/mol. The minimum absolute atomic E-state index is 0.0214. The fraction of sp³-hybridized carbons (Fsp3) is 0.176. The number of carbonyl (C=O) groups is 2. The number of urea groups is 1. The van der Waals surface area contributed by atoms with Crippen molar-refractivity contribution in [3.63, 3.8) is 0 Å². The molecule has 0 unspecified atom stereocenters. The lowest BCUT2D eigenvalue weighted by Gasteiger charge is -2.10. The fourth-order valence-electron chi connectivity index (χ4n) is 2.65. The van der Waals surface area contributed by atoms with Gasteiger partial charge in [0.1, 0.15) is 0 Å². The minimum atomic E-state index is -0.303. The zero-order chi connectivity index (χ0) is 15.7. The van der Waals surface area contributed by atoms with Crippen molar-refractivity contribution in [1.82, 2.24) is 0 Å². The van der Waals surface area contributed by atoms with Crippen molar-refractivity contribution in [2.75, 3.05) is 16.0 Å². The highest BCUT2D eigenvalue weighted by atomic mass is 16.2. The van der Waals surface area contributed by atoms with Crippen LogP contribution in [-0.4, -0.2) is 11.9 Å². The van der Waals surface area contributed by atoms with Crippen LogP contribution in [0.25, 0.3) is 0 Å². The van der Waals surface area contributed by atoms with Crippen LogP contribution in [0, 0.1) is 13.8 Å². The van der Waals surface area contributed by atoms with Crippen LogP contribution in [-0.2, 0) is 11.2 Å². The van der Waals surface area contributed by atoms with E-state index in [1.54, 1.807) is 12.1 Å². The monoisotopic (exact) mass is 295 g/mol. The lowest BCUT2D eigenvalue weighted by molar-refractivity contribution is -0.115. The SMILES string of the molecule is Cc1cc(C)cc(NC(=O)Nc2ccc3c(c2)CC(=O)N3)c1. The summed E-state index contributed by atoms with van der Waals surface area (Å²) in [4.78, 5) is 23.4. The molecule has 1 aliphatic rings. The van der Waals surface area contributed by atoms with E-state index >= 15 is 0 Å². The molecule has 2 aromatic carbocycles. The molecule has 0 bridgehead atoms. The predicted octanol–water partition coefficient (Wildman–Crippen LogP) is 3.44. The highest BCUT2D eigenvalue weighted by Gasteiger charge is 2.17. The van der Waals surface area contributed by atoms with Crippen LogP contribution < -0.4 is 16.0 Å². The molecule has 0 aromatic heterocycles. The van der Waals surface area contributed by atoms with Gasteiger partial charge in [-0.2, -0.15) is 0 Å². The third-order valence-electron chi connectivity index (χ3n) is 3.47. The molecule has 0 atom stereocenters. The molecular formula is C17H17N3O2. The Balaban J connectivity index is 1.69. The van der Waals surface area contributed by atoms with Gasteiger partial charge in [-0.1, -0.05) is 6.07 Å². The highest BCUT2D eigenvalue weighted by molar-refractivity contribution is 6.02. The number of aryl methyl sites for hydroxylation is 2. The number of anilines is 3. The van der Waals surface area contributed by atoms with E-state index in [-0.39, 0.29) is 11.9 Å². The minimum Gasteiger partial charge on any atom is -0.326 e. The second-order valence-corrected chi connectivity index (χ2v) is 5.55. The quantitative estimate of drug-likeness (QED) is 0.794. The Morgan fingerprint density at radius 3 is 2.41 bits per heavy atom. The first kappa shape index (κ1) is 14.1. The van der Waals surface area contributed by atoms with Crippen molar-refractivity contribution in [3.8, 4) is 0 Å². The maximum absolute atomic E-state index is 12.1. The van der Waals surface area contributed by atoms with Gasteiger partial charge in [-0.25, -0.2) is 4.79 Å². The Morgan fingerprint density at radius 2 is 1.68 bits per heavy atom. The van der Waals surface area contributed by atoms with Crippen molar-refractivity contribution in [1.29, 1.82) is 0 Å². The van der Waals surface area contributed by atoms with Crippen molar-refractivity contribution in [3.05, 3.63) is 53.1 Å². The fourth-order valence-corrected chi connectivity index (χ4v) is 2.65. The van der Waals surface area contributed by atoms with Crippen LogP contribution in [0.3, 0.4) is 0 Å². The van der Waals surface area contributed by atoms with E-state index in [0.717, 1.165) is 28.1 Å². The van der Waals surface area contributed by atoms with Crippen LogP contribution in [0.1, 0.15) is 16.7 Å². The zero-order valence-electron chi connectivity index (χ0n) is 12.5. The van der Waals surface area contributed by atoms with Gasteiger partial charge < -0.3 is 16.0 Å². The average molecular weight is 295 g/mol. The molecule has 0 saturated heterocycles. The summed E-state index contributed by atoms with van der Waals surface area (Å²) in [6, 6.07) is 11.0. The first-order valence-electron chi connectivity index (χ1n) is 7.09. The summed E-state index contributed by atoms with van der Waals surface area (Å²) in [6.07, 6.45) is 0.351. The maximum atomic E-state index is 12.1. The van der Waals surface area contributed by atoms with Crippen molar-refractivity contribution in [2.24, 2.45) is 0 Å². The molecule has 0 aliphatic carbocycles. The van der Waals surface area contributed by atoms with E-state index in [0.29, 0.717) is 12.1 Å². The molecule has 5 nitrogen and oxygen atoms in total. The van der Waals surface area contributed by atoms with E-state index in [2.05, 4.69) is 16.0 Å². The van der Waals surface area contributed by atoms with E-state index in [9.17, 15) is 9.59 Å². The lowest BCUT2D eigenvalue weighted by atomic mass is 10.1. The van der Waals surface area contributed by atoms with E-state index < -0.39 is 0 Å². The first-order chi connectivity index (χ1) is 10.5. The van der Waals surface area contributed by atoms with Gasteiger partial charge in [0.05, 0.1) is 6.42 Å². The number of nitrogens with one attached hydrogen (secondary N) is 3. The lowest BCUT2D eigenvalue weighted by Crippen LogP contribution is -2.19. The van der Waals surface area contributed by atoms with Crippen molar-refractivity contribution in [2.45, 2.75) is 20.3 Å². The summed E-state index contributed by atoms with van der Waals surface area (Å²) in [5.41, 5.74) is 5.32. The first-order valence-corrected chi connectivity index (χ1v) is 7.09. The molecule has 0 fully saturated rings. The molecule has 0 spiro atoms. The summed E-state index contributed by atoms with van der Waals surface area (Å²) in [7, 11) is 0. The number of rotatable bonds is 2. The summed E-state index contributed by atoms with van der Waals surface area (Å²) >= 11 is 0. The van der Waals surface area contributed by atoms with E-state index in [1.165, 1.54) is 0 Å². The van der Waals surface area contributed by atoms with Crippen LogP contribution in [0.2, 0.25) is 0 Å². The number of hydrogen-bond donors (Lipinski definition) is 3. The zero-order valence-corrected chi connectivity index (χ0v) is 12.5. The number of fused-ring (bicyclic) bond motifs is 1. The molecule has 2 aromatic rings. The average Bonchev–Trinajstić information content (AvgIpc) is 2.76. The second kappa shape index (κ2) is 5.52. The van der Waals surface area contributed by atoms with Crippen molar-refractivity contribution >= 4 is 29.0 Å². The van der Waals surface area contributed by atoms with Gasteiger partial charge in [0.2, 0.25) is 5.91 Å².